The van der Waals surface area contributed by atoms with Gasteiger partial charge in [0.05, 0.1) is 5.92 Å². The second-order valence-electron chi connectivity index (χ2n) is 3.10. The van der Waals surface area contributed by atoms with Crippen LogP contribution < -0.4 is 0 Å². The van der Waals surface area contributed by atoms with Crippen molar-refractivity contribution in [3.05, 3.63) is 12.2 Å². The summed E-state index contributed by atoms with van der Waals surface area (Å²) in [5, 5.41) is 0. The maximum atomic E-state index is 12.3. The SMILES string of the molecule is FC(F)(F)C1CC=CC=NC1C(F)(F)F. The molecular formula is C8H7F6N. The summed E-state index contributed by atoms with van der Waals surface area (Å²) in [6.45, 7) is 0. The summed E-state index contributed by atoms with van der Waals surface area (Å²) in [4.78, 5) is 2.89. The minimum absolute atomic E-state index is 0.701. The molecule has 2 atom stereocenters. The van der Waals surface area contributed by atoms with Crippen molar-refractivity contribution >= 4 is 6.21 Å². The second kappa shape index (κ2) is 3.86. The van der Waals surface area contributed by atoms with Crippen LogP contribution in [0.1, 0.15) is 6.42 Å². The summed E-state index contributed by atoms with van der Waals surface area (Å²) in [6.07, 6.45) is -7.69. The van der Waals surface area contributed by atoms with Gasteiger partial charge >= 0.3 is 12.4 Å². The highest BCUT2D eigenvalue weighted by atomic mass is 19.4. The number of alkyl halides is 6. The Morgan fingerprint density at radius 3 is 2.07 bits per heavy atom. The van der Waals surface area contributed by atoms with Crippen LogP contribution in [-0.2, 0) is 0 Å². The lowest BCUT2D eigenvalue weighted by atomic mass is 9.96. The third-order valence-corrected chi connectivity index (χ3v) is 2.00. The molecule has 1 heterocycles. The Morgan fingerprint density at radius 1 is 1.00 bits per heavy atom. The van der Waals surface area contributed by atoms with Gasteiger partial charge in [0, 0.05) is 6.21 Å². The number of aliphatic imine (C=N–C) groups is 1. The predicted molar refractivity (Wildman–Crippen MR) is 41.6 cm³/mol. The van der Waals surface area contributed by atoms with Crippen molar-refractivity contribution in [2.45, 2.75) is 24.8 Å². The molecule has 0 bridgehead atoms. The Labute approximate surface area is 81.5 Å². The number of rotatable bonds is 0. The fraction of sp³-hybridized carbons (Fsp3) is 0.625. The van der Waals surface area contributed by atoms with Gasteiger partial charge in [-0.25, -0.2) is 0 Å². The van der Waals surface area contributed by atoms with Crippen molar-refractivity contribution in [1.82, 2.24) is 0 Å². The van der Waals surface area contributed by atoms with Gasteiger partial charge in [-0.05, 0) is 12.5 Å². The van der Waals surface area contributed by atoms with E-state index in [1.165, 1.54) is 0 Å². The van der Waals surface area contributed by atoms with Gasteiger partial charge in [0.2, 0.25) is 0 Å². The smallest absolute Gasteiger partial charge is 0.280 e. The molecule has 0 N–H and O–H groups in total. The zero-order valence-corrected chi connectivity index (χ0v) is 7.31. The average molecular weight is 231 g/mol. The highest BCUT2D eigenvalue weighted by Gasteiger charge is 2.54. The van der Waals surface area contributed by atoms with Gasteiger partial charge in [0.1, 0.15) is 0 Å². The van der Waals surface area contributed by atoms with Crippen LogP contribution in [0.2, 0.25) is 0 Å². The van der Waals surface area contributed by atoms with Crippen LogP contribution in [0.5, 0.6) is 0 Å². The van der Waals surface area contributed by atoms with Crippen LogP contribution in [0.3, 0.4) is 0 Å². The van der Waals surface area contributed by atoms with Crippen LogP contribution in [-0.4, -0.2) is 24.6 Å². The molecule has 0 aromatic rings. The Hall–Kier alpha value is -1.01. The van der Waals surface area contributed by atoms with E-state index in [0.29, 0.717) is 0 Å². The van der Waals surface area contributed by atoms with Gasteiger partial charge in [0.15, 0.2) is 6.04 Å². The number of nitrogens with zero attached hydrogens (tertiary/aromatic N) is 1. The molecule has 0 saturated carbocycles. The fourth-order valence-electron chi connectivity index (χ4n) is 1.29. The lowest BCUT2D eigenvalue weighted by Crippen LogP contribution is -2.41. The first-order valence-electron chi connectivity index (χ1n) is 4.04. The highest BCUT2D eigenvalue weighted by Crippen LogP contribution is 2.40. The molecule has 0 fully saturated rings. The molecule has 1 rings (SSSR count). The molecule has 0 aliphatic carbocycles. The van der Waals surface area contributed by atoms with E-state index in [4.69, 9.17) is 0 Å². The summed E-state index contributed by atoms with van der Waals surface area (Å²) < 4.78 is 73.7. The lowest BCUT2D eigenvalue weighted by molar-refractivity contribution is -0.227. The van der Waals surface area contributed by atoms with Gasteiger partial charge in [-0.3, -0.25) is 4.99 Å². The largest absolute Gasteiger partial charge is 0.411 e. The van der Waals surface area contributed by atoms with Crippen molar-refractivity contribution in [1.29, 1.82) is 0 Å². The maximum Gasteiger partial charge on any atom is 0.411 e. The van der Waals surface area contributed by atoms with Crippen LogP contribution in [0.15, 0.2) is 17.1 Å². The summed E-state index contributed by atoms with van der Waals surface area (Å²) in [7, 11) is 0. The van der Waals surface area contributed by atoms with Gasteiger partial charge in [-0.1, -0.05) is 6.08 Å². The minimum atomic E-state index is -4.97. The first-order valence-corrected chi connectivity index (χ1v) is 4.04. The molecule has 0 aromatic heterocycles. The lowest BCUT2D eigenvalue weighted by Gasteiger charge is -2.26. The minimum Gasteiger partial charge on any atom is -0.280 e. The summed E-state index contributed by atoms with van der Waals surface area (Å²) in [5.74, 6) is -2.49. The first-order chi connectivity index (χ1) is 6.73. The van der Waals surface area contributed by atoms with Crippen LogP contribution in [0.25, 0.3) is 0 Å². The van der Waals surface area contributed by atoms with Gasteiger partial charge < -0.3 is 0 Å². The molecule has 7 heteroatoms. The Kier molecular flexibility index (Phi) is 3.11. The summed E-state index contributed by atoms with van der Waals surface area (Å²) in [6, 6.07) is -2.70. The van der Waals surface area contributed by atoms with Crippen molar-refractivity contribution < 1.29 is 26.3 Å². The molecule has 0 spiro atoms. The number of hydrogen-bond donors (Lipinski definition) is 0. The molecule has 0 aromatic carbocycles. The quantitative estimate of drug-likeness (QED) is 0.568. The van der Waals surface area contributed by atoms with Crippen LogP contribution in [0.4, 0.5) is 26.3 Å². The molecule has 1 nitrogen and oxygen atoms in total. The summed E-state index contributed by atoms with van der Waals surface area (Å²) >= 11 is 0. The zero-order chi connectivity index (χ0) is 11.7. The average Bonchev–Trinajstić information content (AvgIpc) is 2.24. The van der Waals surface area contributed by atoms with E-state index in [-0.39, 0.29) is 0 Å². The van der Waals surface area contributed by atoms with E-state index in [1.54, 1.807) is 0 Å². The van der Waals surface area contributed by atoms with E-state index >= 15 is 0 Å². The molecule has 15 heavy (non-hydrogen) atoms. The predicted octanol–water partition coefficient (Wildman–Crippen LogP) is 3.13. The van der Waals surface area contributed by atoms with Crippen LogP contribution >= 0.6 is 0 Å². The Morgan fingerprint density at radius 2 is 1.60 bits per heavy atom. The normalized spacial score (nSPS) is 27.9. The van der Waals surface area contributed by atoms with Crippen LogP contribution in [0, 0.1) is 5.92 Å². The van der Waals surface area contributed by atoms with E-state index in [0.717, 1.165) is 18.4 Å². The fourth-order valence-corrected chi connectivity index (χ4v) is 1.29. The first kappa shape index (κ1) is 12.1. The standard InChI is InChI=1S/C8H7F6N/c9-7(10,11)5-3-1-2-4-15-6(5)8(12,13)14/h1-2,4-6H,3H2. The van der Waals surface area contributed by atoms with Crippen molar-refractivity contribution in [3.8, 4) is 0 Å². The van der Waals surface area contributed by atoms with E-state index < -0.39 is 30.7 Å². The highest BCUT2D eigenvalue weighted by molar-refractivity contribution is 5.71. The molecule has 2 unspecified atom stereocenters. The number of hydrogen-bond acceptors (Lipinski definition) is 1. The molecule has 0 amide bonds. The monoisotopic (exact) mass is 231 g/mol. The van der Waals surface area contributed by atoms with E-state index in [1.807, 2.05) is 0 Å². The van der Waals surface area contributed by atoms with Gasteiger partial charge in [0.25, 0.3) is 0 Å². The summed E-state index contributed by atoms with van der Waals surface area (Å²) in [5.41, 5.74) is 0. The topological polar surface area (TPSA) is 12.4 Å². The van der Waals surface area contributed by atoms with Gasteiger partial charge in [-0.2, -0.15) is 26.3 Å². The van der Waals surface area contributed by atoms with E-state index in [2.05, 4.69) is 4.99 Å². The molecule has 1 aliphatic heterocycles. The molecule has 1 aliphatic rings. The zero-order valence-electron chi connectivity index (χ0n) is 7.31. The molecular weight excluding hydrogens is 224 g/mol. The van der Waals surface area contributed by atoms with Crippen molar-refractivity contribution in [3.63, 3.8) is 0 Å². The molecule has 0 radical (unpaired) electrons. The van der Waals surface area contributed by atoms with Gasteiger partial charge in [-0.15, -0.1) is 0 Å². The third kappa shape index (κ3) is 2.97. The molecule has 0 saturated heterocycles. The van der Waals surface area contributed by atoms with Crippen molar-refractivity contribution in [2.75, 3.05) is 0 Å². The Balaban J connectivity index is 2.99. The number of allylic oxidation sites excluding steroid dienone is 2. The maximum absolute atomic E-state index is 12.3. The molecule has 86 valence electrons. The Bertz CT molecular complexity index is 274. The van der Waals surface area contributed by atoms with Crippen molar-refractivity contribution in [2.24, 2.45) is 10.9 Å². The number of halogens is 6. The third-order valence-electron chi connectivity index (χ3n) is 2.00. The second-order valence-corrected chi connectivity index (χ2v) is 3.10. The van der Waals surface area contributed by atoms with E-state index in [9.17, 15) is 26.3 Å².